The van der Waals surface area contributed by atoms with Crippen molar-refractivity contribution < 1.29 is 4.74 Å². The van der Waals surface area contributed by atoms with Crippen LogP contribution in [0.3, 0.4) is 0 Å². The average molecular weight is 741 g/mol. The molecule has 0 amide bonds. The molecule has 1 spiro atoms. The summed E-state index contributed by atoms with van der Waals surface area (Å²) in [6.45, 7) is 0. The van der Waals surface area contributed by atoms with Crippen LogP contribution in [0.25, 0.3) is 67.5 Å². The highest BCUT2D eigenvalue weighted by Gasteiger charge is 2.51. The van der Waals surface area contributed by atoms with Gasteiger partial charge in [0.25, 0.3) is 0 Å². The molecule has 1 aliphatic carbocycles. The van der Waals surface area contributed by atoms with Crippen molar-refractivity contribution in [3.63, 3.8) is 0 Å². The summed E-state index contributed by atoms with van der Waals surface area (Å²) < 4.78 is 6.67. The van der Waals surface area contributed by atoms with E-state index in [2.05, 4.69) is 103 Å². The summed E-state index contributed by atoms with van der Waals surface area (Å²) in [6.07, 6.45) is 0. The molecule has 0 atom stereocenters. The molecule has 1 aromatic heterocycles. The van der Waals surface area contributed by atoms with Gasteiger partial charge in [-0.3, -0.25) is 0 Å². The minimum atomic E-state index is -0.692. The lowest BCUT2D eigenvalue weighted by atomic mass is 9.65. The van der Waals surface area contributed by atoms with Crippen LogP contribution in [-0.4, -0.2) is 15.0 Å². The Bertz CT molecular complexity index is 2980. The summed E-state index contributed by atoms with van der Waals surface area (Å²) >= 11 is 0. The molecular formula is C53H32N4O. The van der Waals surface area contributed by atoms with Crippen molar-refractivity contribution >= 4 is 0 Å². The standard InChI is InChI=1S/C53H32N4O/c54-33-34-19-21-35(22-20-34)36-23-25-37(26-24-36)40-27-29-42-43-30-28-41(52-56-50(38-11-3-1-4-12-38)55-51(57-52)39-13-5-2-6-14-39)32-47(43)53(46(42)31-40)44-15-7-9-17-48(44)58-49-18-10-8-16-45(49)53/h1-32H. The van der Waals surface area contributed by atoms with Gasteiger partial charge >= 0.3 is 0 Å². The predicted octanol–water partition coefficient (Wildman–Crippen LogP) is 12.5. The van der Waals surface area contributed by atoms with Crippen LogP contribution in [0.15, 0.2) is 194 Å². The van der Waals surface area contributed by atoms with E-state index in [0.717, 1.165) is 72.7 Å². The van der Waals surface area contributed by atoms with Crippen molar-refractivity contribution in [2.24, 2.45) is 0 Å². The summed E-state index contributed by atoms with van der Waals surface area (Å²) in [6, 6.07) is 69.2. The number of rotatable bonds is 5. The topological polar surface area (TPSA) is 71.7 Å². The molecule has 0 saturated heterocycles. The van der Waals surface area contributed by atoms with Gasteiger partial charge in [0.2, 0.25) is 0 Å². The van der Waals surface area contributed by atoms with E-state index in [1.165, 1.54) is 11.1 Å². The highest BCUT2D eigenvalue weighted by Crippen LogP contribution is 2.62. The molecule has 0 radical (unpaired) electrons. The molecule has 11 rings (SSSR count). The van der Waals surface area contributed by atoms with E-state index in [9.17, 15) is 5.26 Å². The fourth-order valence-corrected chi connectivity index (χ4v) is 8.75. The number of para-hydroxylation sites is 2. The second-order valence-corrected chi connectivity index (χ2v) is 14.7. The molecule has 8 aromatic carbocycles. The minimum Gasteiger partial charge on any atom is -0.457 e. The van der Waals surface area contributed by atoms with Crippen molar-refractivity contribution in [3.8, 4) is 85.1 Å². The summed E-state index contributed by atoms with van der Waals surface area (Å²) in [4.78, 5) is 15.2. The van der Waals surface area contributed by atoms with E-state index < -0.39 is 5.41 Å². The van der Waals surface area contributed by atoms with E-state index in [0.29, 0.717) is 23.0 Å². The lowest BCUT2D eigenvalue weighted by molar-refractivity contribution is 0.436. The molecular weight excluding hydrogens is 709 g/mol. The number of fused-ring (bicyclic) bond motifs is 9. The number of nitriles is 1. The van der Waals surface area contributed by atoms with Gasteiger partial charge in [0.15, 0.2) is 17.5 Å². The maximum atomic E-state index is 9.29. The van der Waals surface area contributed by atoms with E-state index >= 15 is 0 Å². The van der Waals surface area contributed by atoms with Crippen molar-refractivity contribution in [1.29, 1.82) is 5.26 Å². The van der Waals surface area contributed by atoms with Crippen LogP contribution >= 0.6 is 0 Å². The van der Waals surface area contributed by atoms with Crippen LogP contribution in [-0.2, 0) is 5.41 Å². The lowest BCUT2D eigenvalue weighted by Gasteiger charge is -2.39. The molecule has 0 bridgehead atoms. The normalized spacial score (nSPS) is 12.7. The van der Waals surface area contributed by atoms with E-state index in [4.69, 9.17) is 19.7 Å². The summed E-state index contributed by atoms with van der Waals surface area (Å²) in [5.41, 5.74) is 14.0. The third-order valence-corrected chi connectivity index (χ3v) is 11.5. The monoisotopic (exact) mass is 740 g/mol. The number of hydrogen-bond donors (Lipinski definition) is 0. The van der Waals surface area contributed by atoms with E-state index in [-0.39, 0.29) is 0 Å². The number of hydrogen-bond acceptors (Lipinski definition) is 5. The van der Waals surface area contributed by atoms with Gasteiger partial charge in [-0.15, -0.1) is 0 Å². The first-order chi connectivity index (χ1) is 28.7. The smallest absolute Gasteiger partial charge is 0.164 e. The molecule has 0 N–H and O–H groups in total. The van der Waals surface area contributed by atoms with Gasteiger partial charge < -0.3 is 4.74 Å². The first-order valence-corrected chi connectivity index (χ1v) is 19.3. The van der Waals surface area contributed by atoms with Gasteiger partial charge in [0.1, 0.15) is 11.5 Å². The van der Waals surface area contributed by atoms with Crippen LogP contribution in [0.2, 0.25) is 0 Å². The summed E-state index contributed by atoms with van der Waals surface area (Å²) in [5.74, 6) is 3.53. The van der Waals surface area contributed by atoms with Crippen molar-refractivity contribution in [3.05, 3.63) is 222 Å². The van der Waals surface area contributed by atoms with Crippen LogP contribution in [0.5, 0.6) is 11.5 Å². The molecule has 5 heteroatoms. The van der Waals surface area contributed by atoms with Crippen molar-refractivity contribution in [2.75, 3.05) is 0 Å². The van der Waals surface area contributed by atoms with E-state index in [1.807, 2.05) is 97.1 Å². The molecule has 9 aromatic rings. The Hall–Kier alpha value is -7.94. The summed E-state index contributed by atoms with van der Waals surface area (Å²) in [7, 11) is 0. The van der Waals surface area contributed by atoms with Gasteiger partial charge in [0, 0.05) is 27.8 Å². The van der Waals surface area contributed by atoms with Crippen molar-refractivity contribution in [1.82, 2.24) is 15.0 Å². The molecule has 2 aliphatic rings. The fraction of sp³-hybridized carbons (Fsp3) is 0.0189. The number of ether oxygens (including phenoxy) is 1. The van der Waals surface area contributed by atoms with Gasteiger partial charge in [-0.2, -0.15) is 5.26 Å². The second kappa shape index (κ2) is 13.4. The zero-order chi connectivity index (χ0) is 38.6. The fourth-order valence-electron chi connectivity index (χ4n) is 8.75. The maximum absolute atomic E-state index is 9.29. The van der Waals surface area contributed by atoms with Crippen LogP contribution in [0, 0.1) is 11.3 Å². The van der Waals surface area contributed by atoms with Crippen LogP contribution in [0.4, 0.5) is 0 Å². The lowest BCUT2D eigenvalue weighted by Crippen LogP contribution is -2.32. The van der Waals surface area contributed by atoms with Crippen molar-refractivity contribution in [2.45, 2.75) is 5.41 Å². The first kappa shape index (κ1) is 33.4. The van der Waals surface area contributed by atoms with Gasteiger partial charge in [0.05, 0.1) is 17.0 Å². The zero-order valence-corrected chi connectivity index (χ0v) is 31.2. The Kier molecular flexibility index (Phi) is 7.70. The zero-order valence-electron chi connectivity index (χ0n) is 31.2. The SMILES string of the molecule is N#Cc1ccc(-c2ccc(-c3ccc4c(c3)C3(c5ccccc5Oc5ccccc53)c3cc(-c5nc(-c6ccccc6)nc(-c6ccccc6)n5)ccc3-4)cc2)cc1. The predicted molar refractivity (Wildman–Crippen MR) is 229 cm³/mol. The van der Waals surface area contributed by atoms with E-state index in [1.54, 1.807) is 0 Å². The molecule has 1 aliphatic heterocycles. The Morgan fingerprint density at radius 2 is 0.759 bits per heavy atom. The molecule has 270 valence electrons. The number of nitrogens with zero attached hydrogens (tertiary/aromatic N) is 4. The van der Waals surface area contributed by atoms with Gasteiger partial charge in [-0.1, -0.05) is 158 Å². The molecule has 0 saturated carbocycles. The third kappa shape index (κ3) is 5.27. The van der Waals surface area contributed by atoms with Crippen LogP contribution in [0.1, 0.15) is 27.8 Å². The Morgan fingerprint density at radius 1 is 0.362 bits per heavy atom. The average Bonchev–Trinajstić information content (AvgIpc) is 3.58. The molecule has 0 unspecified atom stereocenters. The largest absolute Gasteiger partial charge is 0.457 e. The Morgan fingerprint density at radius 3 is 1.28 bits per heavy atom. The molecule has 0 fully saturated rings. The quantitative estimate of drug-likeness (QED) is 0.176. The first-order valence-electron chi connectivity index (χ1n) is 19.3. The number of benzene rings is 8. The molecule has 58 heavy (non-hydrogen) atoms. The Balaban J connectivity index is 1.12. The maximum Gasteiger partial charge on any atom is 0.164 e. The third-order valence-electron chi connectivity index (χ3n) is 11.5. The summed E-state index contributed by atoms with van der Waals surface area (Å²) in [5, 5.41) is 9.29. The molecule has 5 nitrogen and oxygen atoms in total. The van der Waals surface area contributed by atoms with Gasteiger partial charge in [-0.05, 0) is 80.9 Å². The minimum absolute atomic E-state index is 0.610. The highest BCUT2D eigenvalue weighted by atomic mass is 16.5. The number of aromatic nitrogens is 3. The Labute approximate surface area is 336 Å². The van der Waals surface area contributed by atoms with Gasteiger partial charge in [-0.25, -0.2) is 15.0 Å². The van der Waals surface area contributed by atoms with Crippen LogP contribution < -0.4 is 4.74 Å². The molecule has 2 heterocycles. The second-order valence-electron chi connectivity index (χ2n) is 14.7. The highest BCUT2D eigenvalue weighted by molar-refractivity contribution is 5.92.